The highest BCUT2D eigenvalue weighted by Crippen LogP contribution is 2.53. The molecule has 0 saturated heterocycles. The van der Waals surface area contributed by atoms with E-state index in [1.54, 1.807) is 0 Å². The Morgan fingerprint density at radius 1 is 1.43 bits per heavy atom. The Kier molecular flexibility index (Phi) is 3.68. The van der Waals surface area contributed by atoms with Gasteiger partial charge in [0.2, 0.25) is 11.8 Å². The first-order valence-electron chi connectivity index (χ1n) is 6.63. The summed E-state index contributed by atoms with van der Waals surface area (Å²) in [5.74, 6) is 0.0545. The van der Waals surface area contributed by atoms with E-state index in [2.05, 4.69) is 10.3 Å². The Bertz CT molecular complexity index is 665. The summed E-state index contributed by atoms with van der Waals surface area (Å²) in [5.41, 5.74) is 2.74. The summed E-state index contributed by atoms with van der Waals surface area (Å²) in [5, 5.41) is 2.76. The number of nitrogens with zero attached hydrogens (tertiary/aromatic N) is 1. The van der Waals surface area contributed by atoms with Gasteiger partial charge in [-0.1, -0.05) is 17.7 Å². The van der Waals surface area contributed by atoms with Crippen LogP contribution in [0.15, 0.2) is 34.9 Å². The van der Waals surface area contributed by atoms with E-state index in [-0.39, 0.29) is 11.8 Å². The van der Waals surface area contributed by atoms with Crippen molar-refractivity contribution in [2.24, 2.45) is 5.92 Å². The summed E-state index contributed by atoms with van der Waals surface area (Å²) < 4.78 is 4.52. The molecule has 0 spiro atoms. The van der Waals surface area contributed by atoms with Crippen LogP contribution in [0.3, 0.4) is 0 Å². The number of carbonyl (C=O) groups excluding carboxylic acids is 1. The minimum Gasteiger partial charge on any atom is -0.444 e. The van der Waals surface area contributed by atoms with Gasteiger partial charge < -0.3 is 9.73 Å². The quantitative estimate of drug-likeness (QED) is 0.876. The standard InChI is InChI=1S/C15H14Cl2N2O2/c1-9-2-4-10(5-3-9)14-19-11(8-21-14)7-18-13(20)12-6-15(12,16)17/h2-5,8,12H,6-7H2,1H3,(H,18,20). The fourth-order valence-electron chi connectivity index (χ4n) is 2.02. The number of nitrogens with one attached hydrogen (secondary N) is 1. The molecule has 6 heteroatoms. The molecule has 1 aliphatic carbocycles. The molecule has 1 aromatic heterocycles. The molecule has 21 heavy (non-hydrogen) atoms. The van der Waals surface area contributed by atoms with Gasteiger partial charge in [-0.05, 0) is 25.5 Å². The lowest BCUT2D eigenvalue weighted by atomic mass is 10.1. The summed E-state index contributed by atoms with van der Waals surface area (Å²) in [4.78, 5) is 16.1. The molecule has 1 unspecified atom stereocenters. The van der Waals surface area contributed by atoms with Crippen molar-refractivity contribution in [2.45, 2.75) is 24.2 Å². The first kappa shape index (κ1) is 14.4. The van der Waals surface area contributed by atoms with Crippen molar-refractivity contribution in [1.29, 1.82) is 0 Å². The molecule has 1 aliphatic rings. The number of benzene rings is 1. The van der Waals surface area contributed by atoms with Crippen LogP contribution in [0.5, 0.6) is 0 Å². The largest absolute Gasteiger partial charge is 0.444 e. The molecule has 4 nitrogen and oxygen atoms in total. The van der Waals surface area contributed by atoms with Crippen molar-refractivity contribution in [3.05, 3.63) is 41.8 Å². The Balaban J connectivity index is 1.60. The van der Waals surface area contributed by atoms with Gasteiger partial charge in [-0.15, -0.1) is 23.2 Å². The lowest BCUT2D eigenvalue weighted by molar-refractivity contribution is -0.122. The Morgan fingerprint density at radius 3 is 2.71 bits per heavy atom. The molecule has 1 N–H and O–H groups in total. The lowest BCUT2D eigenvalue weighted by Crippen LogP contribution is -2.26. The van der Waals surface area contributed by atoms with Crippen molar-refractivity contribution < 1.29 is 9.21 Å². The second-order valence-electron chi connectivity index (χ2n) is 5.25. The molecule has 1 saturated carbocycles. The van der Waals surface area contributed by atoms with Crippen LogP contribution < -0.4 is 5.32 Å². The topological polar surface area (TPSA) is 55.1 Å². The number of rotatable bonds is 4. The third-order valence-corrected chi connectivity index (χ3v) is 4.27. The van der Waals surface area contributed by atoms with Gasteiger partial charge in [0.05, 0.1) is 18.2 Å². The molecule has 1 aromatic carbocycles. The predicted molar refractivity (Wildman–Crippen MR) is 81.1 cm³/mol. The smallest absolute Gasteiger partial charge is 0.226 e. The number of aromatic nitrogens is 1. The van der Waals surface area contributed by atoms with Gasteiger partial charge >= 0.3 is 0 Å². The van der Waals surface area contributed by atoms with Crippen molar-refractivity contribution in [3.8, 4) is 11.5 Å². The maximum atomic E-state index is 11.8. The van der Waals surface area contributed by atoms with Gasteiger partial charge in [-0.2, -0.15) is 0 Å². The highest BCUT2D eigenvalue weighted by molar-refractivity contribution is 6.52. The lowest BCUT2D eigenvalue weighted by Gasteiger charge is -2.02. The van der Waals surface area contributed by atoms with Gasteiger partial charge in [0.15, 0.2) is 0 Å². The third-order valence-electron chi connectivity index (χ3n) is 3.44. The van der Waals surface area contributed by atoms with E-state index in [9.17, 15) is 4.79 Å². The van der Waals surface area contributed by atoms with Crippen LogP contribution in [0.2, 0.25) is 0 Å². The number of aryl methyl sites for hydroxylation is 1. The number of halogens is 2. The summed E-state index contributed by atoms with van der Waals surface area (Å²) in [7, 11) is 0. The SMILES string of the molecule is Cc1ccc(-c2nc(CNC(=O)C3CC3(Cl)Cl)co2)cc1. The van der Waals surface area contributed by atoms with Crippen molar-refractivity contribution >= 4 is 29.1 Å². The fraction of sp³-hybridized carbons (Fsp3) is 0.333. The second-order valence-corrected chi connectivity index (χ2v) is 6.79. The van der Waals surface area contributed by atoms with Crippen LogP contribution >= 0.6 is 23.2 Å². The summed E-state index contributed by atoms with van der Waals surface area (Å²) >= 11 is 11.7. The fourth-order valence-corrected chi connectivity index (χ4v) is 2.52. The van der Waals surface area contributed by atoms with E-state index in [1.165, 1.54) is 11.8 Å². The Morgan fingerprint density at radius 2 is 2.10 bits per heavy atom. The molecule has 1 fully saturated rings. The molecule has 2 aromatic rings. The van der Waals surface area contributed by atoms with Crippen LogP contribution in [-0.4, -0.2) is 15.2 Å². The molecular formula is C15H14Cl2N2O2. The van der Waals surface area contributed by atoms with E-state index < -0.39 is 4.33 Å². The van der Waals surface area contributed by atoms with Gasteiger partial charge in [-0.3, -0.25) is 4.79 Å². The molecule has 1 atom stereocenters. The predicted octanol–water partition coefficient (Wildman–Crippen LogP) is 3.46. The average molecular weight is 325 g/mol. The molecule has 110 valence electrons. The third kappa shape index (κ3) is 3.22. The number of hydrogen-bond donors (Lipinski definition) is 1. The second kappa shape index (κ2) is 5.35. The number of alkyl halides is 2. The molecule has 3 rings (SSSR count). The zero-order valence-corrected chi connectivity index (χ0v) is 12.9. The van der Waals surface area contributed by atoms with Gasteiger partial charge in [0, 0.05) is 5.56 Å². The van der Waals surface area contributed by atoms with Crippen molar-refractivity contribution in [2.75, 3.05) is 0 Å². The molecule has 0 bridgehead atoms. The number of carbonyl (C=O) groups is 1. The van der Waals surface area contributed by atoms with Crippen LogP contribution in [0.1, 0.15) is 17.7 Å². The van der Waals surface area contributed by atoms with Crippen molar-refractivity contribution in [3.63, 3.8) is 0 Å². The van der Waals surface area contributed by atoms with Crippen molar-refractivity contribution in [1.82, 2.24) is 10.3 Å². The number of oxazole rings is 1. The highest BCUT2D eigenvalue weighted by Gasteiger charge is 2.56. The maximum absolute atomic E-state index is 11.8. The van der Waals surface area contributed by atoms with Crippen LogP contribution in [0, 0.1) is 12.8 Å². The van der Waals surface area contributed by atoms with Crippen LogP contribution in [-0.2, 0) is 11.3 Å². The normalized spacial score (nSPS) is 19.3. The van der Waals surface area contributed by atoms with E-state index in [0.717, 1.165) is 5.56 Å². The van der Waals surface area contributed by atoms with E-state index in [1.807, 2.05) is 31.2 Å². The monoisotopic (exact) mass is 324 g/mol. The Hall–Kier alpha value is -1.52. The summed E-state index contributed by atoms with van der Waals surface area (Å²) in [6.45, 7) is 2.32. The first-order chi connectivity index (χ1) is 9.95. The Labute approximate surface area is 132 Å². The maximum Gasteiger partial charge on any atom is 0.226 e. The molecule has 0 aliphatic heterocycles. The van der Waals surface area contributed by atoms with E-state index >= 15 is 0 Å². The molecule has 1 heterocycles. The molecular weight excluding hydrogens is 311 g/mol. The molecule has 0 radical (unpaired) electrons. The first-order valence-corrected chi connectivity index (χ1v) is 7.38. The van der Waals surface area contributed by atoms with E-state index in [0.29, 0.717) is 24.6 Å². The molecule has 1 amide bonds. The minimum absolute atomic E-state index is 0.153. The van der Waals surface area contributed by atoms with Crippen LogP contribution in [0.25, 0.3) is 11.5 Å². The van der Waals surface area contributed by atoms with Gasteiger partial charge in [-0.25, -0.2) is 4.98 Å². The highest BCUT2D eigenvalue weighted by atomic mass is 35.5. The number of amides is 1. The summed E-state index contributed by atoms with van der Waals surface area (Å²) in [6, 6.07) is 7.88. The average Bonchev–Trinajstić information content (AvgIpc) is 2.87. The minimum atomic E-state index is -0.902. The van der Waals surface area contributed by atoms with Crippen LogP contribution in [0.4, 0.5) is 0 Å². The zero-order valence-electron chi connectivity index (χ0n) is 11.4. The zero-order chi connectivity index (χ0) is 15.0. The van der Waals surface area contributed by atoms with Gasteiger partial charge in [0.25, 0.3) is 0 Å². The number of hydrogen-bond acceptors (Lipinski definition) is 3. The summed E-state index contributed by atoms with van der Waals surface area (Å²) in [6.07, 6.45) is 2.03. The van der Waals surface area contributed by atoms with Gasteiger partial charge in [0.1, 0.15) is 10.6 Å². The van der Waals surface area contributed by atoms with E-state index in [4.69, 9.17) is 27.6 Å².